The molecule has 3 aromatic rings. The summed E-state index contributed by atoms with van der Waals surface area (Å²) >= 11 is 0. The lowest BCUT2D eigenvalue weighted by molar-refractivity contribution is 0.160. The van der Waals surface area contributed by atoms with Crippen LogP contribution in [0.15, 0.2) is 67.3 Å². The Hall–Kier alpha value is -3.05. The zero-order chi connectivity index (χ0) is 23.8. The Labute approximate surface area is 193 Å². The first kappa shape index (κ1) is 24.6. The highest BCUT2D eigenvalue weighted by atomic mass is 19.2. The van der Waals surface area contributed by atoms with Crippen LogP contribution in [0.25, 0.3) is 11.1 Å². The summed E-state index contributed by atoms with van der Waals surface area (Å²) in [5, 5.41) is 9.98. The van der Waals surface area contributed by atoms with E-state index in [0.29, 0.717) is 50.0 Å². The van der Waals surface area contributed by atoms with Crippen molar-refractivity contribution in [1.29, 1.82) is 0 Å². The molecule has 0 aliphatic rings. The maximum absolute atomic E-state index is 14.5. The van der Waals surface area contributed by atoms with E-state index >= 15 is 0 Å². The molecule has 2 nitrogen and oxygen atoms in total. The van der Waals surface area contributed by atoms with Gasteiger partial charge in [0, 0.05) is 17.2 Å². The second kappa shape index (κ2) is 11.7. The molecule has 0 radical (unpaired) electrons. The molecule has 1 unspecified atom stereocenters. The molecule has 0 aliphatic heterocycles. The van der Waals surface area contributed by atoms with Crippen LogP contribution >= 0.6 is 0 Å². The summed E-state index contributed by atoms with van der Waals surface area (Å²) in [5.74, 6) is -1.79. The van der Waals surface area contributed by atoms with Crippen LogP contribution in [0.1, 0.15) is 49.0 Å². The van der Waals surface area contributed by atoms with Crippen molar-refractivity contribution in [2.45, 2.75) is 45.1 Å². The number of aliphatic hydroxyl groups excluding tert-OH is 1. The minimum Gasteiger partial charge on any atom is -0.493 e. The molecule has 0 spiro atoms. The van der Waals surface area contributed by atoms with E-state index in [1.54, 1.807) is 18.2 Å². The summed E-state index contributed by atoms with van der Waals surface area (Å²) < 4.78 is 48.9. The lowest BCUT2D eigenvalue weighted by Gasteiger charge is -2.13. The molecule has 0 bridgehead atoms. The van der Waals surface area contributed by atoms with Gasteiger partial charge >= 0.3 is 0 Å². The van der Waals surface area contributed by atoms with E-state index in [-0.39, 0.29) is 16.9 Å². The van der Waals surface area contributed by atoms with Gasteiger partial charge in [-0.1, -0.05) is 55.8 Å². The monoisotopic (exact) mass is 454 g/mol. The lowest BCUT2D eigenvalue weighted by atomic mass is 9.97. The fourth-order valence-electron chi connectivity index (χ4n) is 3.69. The molecule has 0 fully saturated rings. The average molecular weight is 455 g/mol. The van der Waals surface area contributed by atoms with Crippen LogP contribution in [0.5, 0.6) is 5.75 Å². The lowest BCUT2D eigenvalue weighted by Crippen LogP contribution is -2.06. The third kappa shape index (κ3) is 6.26. The largest absolute Gasteiger partial charge is 0.493 e. The molecule has 0 amide bonds. The zero-order valence-corrected chi connectivity index (χ0v) is 18.8. The number of hydrogen-bond acceptors (Lipinski definition) is 2. The first-order valence-corrected chi connectivity index (χ1v) is 11.2. The maximum atomic E-state index is 14.5. The van der Waals surface area contributed by atoms with Gasteiger partial charge in [0.25, 0.3) is 0 Å². The minimum atomic E-state index is -1.00. The van der Waals surface area contributed by atoms with E-state index in [1.165, 1.54) is 18.2 Å². The molecule has 1 atom stereocenters. The van der Waals surface area contributed by atoms with Crippen molar-refractivity contribution < 1.29 is 23.0 Å². The summed E-state index contributed by atoms with van der Waals surface area (Å²) in [7, 11) is 0. The van der Waals surface area contributed by atoms with Gasteiger partial charge in [-0.3, -0.25) is 0 Å². The van der Waals surface area contributed by atoms with Gasteiger partial charge in [0.15, 0.2) is 11.6 Å². The van der Waals surface area contributed by atoms with Gasteiger partial charge in [-0.05, 0) is 54.5 Å². The van der Waals surface area contributed by atoms with Crippen molar-refractivity contribution in [3.05, 3.63) is 101 Å². The van der Waals surface area contributed by atoms with Crippen LogP contribution in [-0.4, -0.2) is 11.7 Å². The Morgan fingerprint density at radius 2 is 1.73 bits per heavy atom. The molecule has 0 aromatic heterocycles. The number of benzene rings is 3. The zero-order valence-electron chi connectivity index (χ0n) is 18.8. The summed E-state index contributed by atoms with van der Waals surface area (Å²) in [6.45, 7) is 5.95. The summed E-state index contributed by atoms with van der Waals surface area (Å²) in [5.41, 5.74) is 2.38. The van der Waals surface area contributed by atoms with Gasteiger partial charge in [-0.25, -0.2) is 13.2 Å². The number of hydrogen-bond donors (Lipinski definition) is 1. The summed E-state index contributed by atoms with van der Waals surface area (Å²) in [4.78, 5) is 0. The van der Waals surface area contributed by atoms with Crippen LogP contribution in [0.2, 0.25) is 0 Å². The minimum absolute atomic E-state index is 0.00148. The third-order valence-corrected chi connectivity index (χ3v) is 5.59. The average Bonchev–Trinajstić information content (AvgIpc) is 2.81. The van der Waals surface area contributed by atoms with Crippen LogP contribution in [0, 0.1) is 17.5 Å². The van der Waals surface area contributed by atoms with E-state index in [9.17, 15) is 18.3 Å². The van der Waals surface area contributed by atoms with Gasteiger partial charge in [0.1, 0.15) is 11.6 Å². The van der Waals surface area contributed by atoms with Gasteiger partial charge in [-0.2, -0.15) is 0 Å². The van der Waals surface area contributed by atoms with Crippen molar-refractivity contribution in [3.8, 4) is 16.9 Å². The predicted octanol–water partition coefficient (Wildman–Crippen LogP) is 7.34. The van der Waals surface area contributed by atoms with Crippen LogP contribution in [0.4, 0.5) is 13.2 Å². The van der Waals surface area contributed by atoms with Gasteiger partial charge in [-0.15, -0.1) is 6.58 Å². The normalized spacial score (nSPS) is 11.9. The molecule has 5 heteroatoms. The van der Waals surface area contributed by atoms with E-state index in [4.69, 9.17) is 4.74 Å². The molecular formula is C28H29F3O2. The third-order valence-electron chi connectivity index (χ3n) is 5.59. The quantitative estimate of drug-likeness (QED) is 0.243. The Morgan fingerprint density at radius 1 is 0.970 bits per heavy atom. The van der Waals surface area contributed by atoms with Gasteiger partial charge in [0.2, 0.25) is 0 Å². The Balaban J connectivity index is 1.66. The molecule has 3 rings (SSSR count). The Kier molecular flexibility index (Phi) is 8.72. The van der Waals surface area contributed by atoms with Crippen molar-refractivity contribution >= 4 is 0 Å². The van der Waals surface area contributed by atoms with Crippen molar-refractivity contribution in [3.63, 3.8) is 0 Å². The van der Waals surface area contributed by atoms with Gasteiger partial charge in [0.05, 0.1) is 12.7 Å². The molecular weight excluding hydrogens is 425 g/mol. The van der Waals surface area contributed by atoms with E-state index in [0.717, 1.165) is 11.1 Å². The summed E-state index contributed by atoms with van der Waals surface area (Å²) in [6, 6.07) is 15.1. The number of aliphatic hydroxyl groups is 1. The Bertz CT molecular complexity index is 1080. The van der Waals surface area contributed by atoms with Crippen molar-refractivity contribution in [2.24, 2.45) is 0 Å². The highest BCUT2D eigenvalue weighted by Gasteiger charge is 2.18. The first-order valence-electron chi connectivity index (χ1n) is 11.2. The van der Waals surface area contributed by atoms with E-state index in [1.807, 2.05) is 31.2 Å². The highest BCUT2D eigenvalue weighted by Crippen LogP contribution is 2.28. The topological polar surface area (TPSA) is 29.5 Å². The number of aryl methyl sites for hydroxylation is 2. The summed E-state index contributed by atoms with van der Waals surface area (Å²) in [6.07, 6.45) is 3.31. The van der Waals surface area contributed by atoms with E-state index in [2.05, 4.69) is 6.58 Å². The molecule has 0 saturated heterocycles. The highest BCUT2D eigenvalue weighted by molar-refractivity contribution is 5.65. The fourth-order valence-corrected chi connectivity index (χ4v) is 3.69. The second-order valence-electron chi connectivity index (χ2n) is 8.01. The molecule has 1 N–H and O–H groups in total. The number of ether oxygens (including phenoxy) is 1. The second-order valence-corrected chi connectivity index (χ2v) is 8.01. The standard InChI is InChI=1S/C28H29F3O2/c1-3-5-17-33-22-14-16-23(25(29)18-22)20-10-7-19(8-11-20)9-12-21-13-15-24(26(32)6-4-2)28(31)27(21)30/h3,7-8,10-11,13-16,18,26,32H,1,4-6,9,12,17H2,2H3. The Morgan fingerprint density at radius 3 is 2.39 bits per heavy atom. The van der Waals surface area contributed by atoms with Crippen molar-refractivity contribution in [1.82, 2.24) is 0 Å². The van der Waals surface area contributed by atoms with Gasteiger partial charge < -0.3 is 9.84 Å². The molecule has 0 heterocycles. The van der Waals surface area contributed by atoms with Crippen LogP contribution in [0.3, 0.4) is 0 Å². The smallest absolute Gasteiger partial charge is 0.164 e. The first-order chi connectivity index (χ1) is 15.9. The SMILES string of the molecule is C=CCCOc1ccc(-c2ccc(CCc3ccc(C(O)CCC)c(F)c3F)cc2)c(F)c1. The van der Waals surface area contributed by atoms with E-state index < -0.39 is 17.7 Å². The van der Waals surface area contributed by atoms with Crippen molar-refractivity contribution in [2.75, 3.05) is 6.61 Å². The maximum Gasteiger partial charge on any atom is 0.164 e. The fraction of sp³-hybridized carbons (Fsp3) is 0.286. The van der Waals surface area contributed by atoms with Crippen LogP contribution < -0.4 is 4.74 Å². The molecule has 0 saturated carbocycles. The molecule has 33 heavy (non-hydrogen) atoms. The molecule has 174 valence electrons. The number of rotatable bonds is 11. The predicted molar refractivity (Wildman–Crippen MR) is 126 cm³/mol. The number of halogens is 3. The molecule has 3 aromatic carbocycles. The van der Waals surface area contributed by atoms with Crippen LogP contribution in [-0.2, 0) is 12.8 Å². The molecule has 0 aliphatic carbocycles.